The summed E-state index contributed by atoms with van der Waals surface area (Å²) in [5.41, 5.74) is -0.283. The second-order valence-corrected chi connectivity index (χ2v) is 7.76. The average Bonchev–Trinajstić information content (AvgIpc) is 2.24. The van der Waals surface area contributed by atoms with Crippen molar-refractivity contribution < 1.29 is 46.3 Å². The molecular weight excluding hydrogens is 337 g/mol. The number of carboxylic acids is 1. The molecule has 10 nitrogen and oxygen atoms in total. The van der Waals surface area contributed by atoms with E-state index in [-0.39, 0.29) is 11.3 Å². The highest BCUT2D eigenvalue weighted by molar-refractivity contribution is 7.73. The molecule has 1 aliphatic rings. The molecule has 0 saturated carbocycles. The Morgan fingerprint density at radius 1 is 1.15 bits per heavy atom. The third kappa shape index (κ3) is 3.85. The van der Waals surface area contributed by atoms with E-state index < -0.39 is 30.2 Å². The van der Waals surface area contributed by atoms with Crippen LogP contribution in [0.2, 0.25) is 0 Å². The SMILES string of the molecule is O=C(O)c1ccccc1OP1OP(=O)(O)OP(=O)(O)O1. The first-order chi connectivity index (χ1) is 9.19. The first kappa shape index (κ1) is 15.6. The van der Waals surface area contributed by atoms with Gasteiger partial charge in [0.2, 0.25) is 0 Å². The van der Waals surface area contributed by atoms with Gasteiger partial charge >= 0.3 is 30.2 Å². The van der Waals surface area contributed by atoms with Gasteiger partial charge in [-0.25, -0.2) is 22.5 Å². The van der Waals surface area contributed by atoms with Gasteiger partial charge in [0.05, 0.1) is 0 Å². The summed E-state index contributed by atoms with van der Waals surface area (Å²) in [6, 6.07) is 5.26. The smallest absolute Gasteiger partial charge is 0.478 e. The summed E-state index contributed by atoms with van der Waals surface area (Å²) in [5, 5.41) is 8.91. The van der Waals surface area contributed by atoms with E-state index in [2.05, 4.69) is 12.9 Å². The number of phosphoric acid groups is 2. The Morgan fingerprint density at radius 3 is 2.25 bits per heavy atom. The van der Waals surface area contributed by atoms with Crippen molar-refractivity contribution in [3.05, 3.63) is 29.8 Å². The first-order valence-electron chi connectivity index (χ1n) is 4.75. The molecule has 2 atom stereocenters. The Hall–Kier alpha value is -0.820. The van der Waals surface area contributed by atoms with Crippen LogP contribution < -0.4 is 4.52 Å². The van der Waals surface area contributed by atoms with Gasteiger partial charge in [0, 0.05) is 0 Å². The molecule has 1 aromatic carbocycles. The Morgan fingerprint density at radius 2 is 1.70 bits per heavy atom. The molecule has 1 heterocycles. The third-order valence-electron chi connectivity index (χ3n) is 1.84. The van der Waals surface area contributed by atoms with Gasteiger partial charge in [-0.2, -0.15) is 4.31 Å². The number of para-hydroxylation sites is 1. The number of carbonyl (C=O) groups is 1. The van der Waals surface area contributed by atoms with E-state index in [0.29, 0.717) is 0 Å². The van der Waals surface area contributed by atoms with Crippen molar-refractivity contribution in [2.45, 2.75) is 0 Å². The molecule has 1 saturated heterocycles. The lowest BCUT2D eigenvalue weighted by molar-refractivity contribution is 0.0695. The summed E-state index contributed by atoms with van der Waals surface area (Å²) in [6.45, 7) is 0. The van der Waals surface area contributed by atoms with Crippen LogP contribution in [0.3, 0.4) is 0 Å². The Kier molecular flexibility index (Phi) is 4.30. The maximum Gasteiger partial charge on any atom is 0.488 e. The fourth-order valence-corrected chi connectivity index (χ4v) is 5.32. The van der Waals surface area contributed by atoms with Gasteiger partial charge in [-0.05, 0) is 12.1 Å². The number of hydrogen-bond donors (Lipinski definition) is 3. The van der Waals surface area contributed by atoms with Crippen LogP contribution in [0.25, 0.3) is 0 Å². The van der Waals surface area contributed by atoms with E-state index in [1.807, 2.05) is 0 Å². The molecule has 2 rings (SSSR count). The lowest BCUT2D eigenvalue weighted by Crippen LogP contribution is -2.06. The molecule has 0 bridgehead atoms. The molecule has 20 heavy (non-hydrogen) atoms. The number of hydrogen-bond acceptors (Lipinski definition) is 7. The molecule has 0 radical (unpaired) electrons. The molecule has 0 aliphatic carbocycles. The lowest BCUT2D eigenvalue weighted by Gasteiger charge is -2.26. The van der Waals surface area contributed by atoms with Crippen LogP contribution in [0.5, 0.6) is 5.75 Å². The highest BCUT2D eigenvalue weighted by Crippen LogP contribution is 2.76. The monoisotopic (exact) mass is 344 g/mol. The Labute approximate surface area is 113 Å². The van der Waals surface area contributed by atoms with Gasteiger partial charge in [0.1, 0.15) is 11.3 Å². The molecular formula is C7H7O10P3. The van der Waals surface area contributed by atoms with Gasteiger partial charge in [-0.1, -0.05) is 12.1 Å². The topological polar surface area (TPSA) is 149 Å². The quantitative estimate of drug-likeness (QED) is 0.697. The van der Waals surface area contributed by atoms with Gasteiger partial charge < -0.3 is 19.4 Å². The summed E-state index contributed by atoms with van der Waals surface area (Å²) in [4.78, 5) is 29.0. The van der Waals surface area contributed by atoms with Gasteiger partial charge in [-0.15, -0.1) is 0 Å². The molecule has 110 valence electrons. The van der Waals surface area contributed by atoms with Crippen LogP contribution >= 0.6 is 24.2 Å². The molecule has 0 aromatic heterocycles. The van der Waals surface area contributed by atoms with Gasteiger partial charge in [0.15, 0.2) is 0 Å². The van der Waals surface area contributed by atoms with Crippen molar-refractivity contribution in [3.8, 4) is 5.75 Å². The summed E-state index contributed by atoms with van der Waals surface area (Å²) < 4.78 is 39.8. The molecule has 3 N–H and O–H groups in total. The molecule has 13 heteroatoms. The lowest BCUT2D eigenvalue weighted by atomic mass is 10.2. The van der Waals surface area contributed by atoms with Crippen molar-refractivity contribution >= 4 is 30.2 Å². The van der Waals surface area contributed by atoms with Crippen molar-refractivity contribution in [1.82, 2.24) is 0 Å². The van der Waals surface area contributed by atoms with Crippen LogP contribution in [0, 0.1) is 0 Å². The van der Waals surface area contributed by atoms with Gasteiger partial charge in [-0.3, -0.25) is 0 Å². The summed E-state index contributed by atoms with van der Waals surface area (Å²) >= 11 is 0. The molecule has 1 aliphatic heterocycles. The van der Waals surface area contributed by atoms with Crippen molar-refractivity contribution in [1.29, 1.82) is 0 Å². The normalized spacial score (nSPS) is 33.6. The second kappa shape index (κ2) is 5.52. The molecule has 1 fully saturated rings. The molecule has 0 spiro atoms. The van der Waals surface area contributed by atoms with Crippen molar-refractivity contribution in [2.75, 3.05) is 0 Å². The Bertz CT molecular complexity index is 605. The maximum atomic E-state index is 11.2. The average molecular weight is 344 g/mol. The predicted molar refractivity (Wildman–Crippen MR) is 63.9 cm³/mol. The largest absolute Gasteiger partial charge is 0.488 e. The number of carboxylic acid groups (broad SMARTS) is 1. The number of rotatable bonds is 3. The van der Waals surface area contributed by atoms with E-state index in [1.165, 1.54) is 24.3 Å². The zero-order valence-corrected chi connectivity index (χ0v) is 12.0. The van der Waals surface area contributed by atoms with Crippen LogP contribution in [0.4, 0.5) is 0 Å². The van der Waals surface area contributed by atoms with E-state index in [9.17, 15) is 13.9 Å². The third-order valence-corrected chi connectivity index (χ3v) is 6.55. The number of benzene rings is 1. The minimum atomic E-state index is -4.82. The predicted octanol–water partition coefficient (Wildman–Crippen LogP) is 2.25. The second-order valence-electron chi connectivity index (χ2n) is 3.30. The summed E-state index contributed by atoms with van der Waals surface area (Å²) in [6.07, 6.45) is 0. The summed E-state index contributed by atoms with van der Waals surface area (Å²) in [5.74, 6) is -1.59. The summed E-state index contributed by atoms with van der Waals surface area (Å²) in [7, 11) is -12.4. The van der Waals surface area contributed by atoms with Crippen molar-refractivity contribution in [2.24, 2.45) is 0 Å². The zero-order valence-electron chi connectivity index (χ0n) is 9.35. The van der Waals surface area contributed by atoms with Crippen LogP contribution in [0.15, 0.2) is 24.3 Å². The minimum absolute atomic E-state index is 0.256. The van der Waals surface area contributed by atoms with Crippen LogP contribution in [-0.2, 0) is 22.1 Å². The fraction of sp³-hybridized carbons (Fsp3) is 0. The van der Waals surface area contributed by atoms with E-state index in [0.717, 1.165) is 0 Å². The van der Waals surface area contributed by atoms with E-state index >= 15 is 0 Å². The van der Waals surface area contributed by atoms with Crippen LogP contribution in [-0.4, -0.2) is 20.9 Å². The fourth-order valence-electron chi connectivity index (χ4n) is 1.18. The standard InChI is InChI=1S/C7H7O10P3/c8-7(9)5-3-1-2-4-6(5)14-18-15-19(10,11)17-20(12,13)16-18/h1-4H,(H,8,9)(H,10,11)(H,12,13). The highest BCUT2D eigenvalue weighted by atomic mass is 31.3. The van der Waals surface area contributed by atoms with E-state index in [1.54, 1.807) is 0 Å². The first-order valence-corrected chi connectivity index (χ1v) is 8.84. The van der Waals surface area contributed by atoms with Gasteiger partial charge in [0.25, 0.3) is 0 Å². The minimum Gasteiger partial charge on any atom is -0.478 e. The molecule has 1 aromatic rings. The molecule has 0 amide bonds. The van der Waals surface area contributed by atoms with Crippen LogP contribution in [0.1, 0.15) is 10.4 Å². The zero-order chi connectivity index (χ0) is 15.0. The number of aromatic carboxylic acids is 1. The highest BCUT2D eigenvalue weighted by Gasteiger charge is 2.49. The van der Waals surface area contributed by atoms with Crippen molar-refractivity contribution in [3.63, 3.8) is 0 Å². The Balaban J connectivity index is 2.24. The maximum absolute atomic E-state index is 11.2. The molecule has 2 unspecified atom stereocenters. The van der Waals surface area contributed by atoms with E-state index in [4.69, 9.17) is 19.4 Å².